The fourth-order valence-corrected chi connectivity index (χ4v) is 1.92. The predicted octanol–water partition coefficient (Wildman–Crippen LogP) is 2.78. The molecule has 2 N–H and O–H groups in total. The number of fused-ring (bicyclic) bond motifs is 1. The summed E-state index contributed by atoms with van der Waals surface area (Å²) in [6, 6.07) is 7.32. The van der Waals surface area contributed by atoms with Gasteiger partial charge in [-0.15, -0.1) is 0 Å². The molecule has 3 heterocycles. The SMILES string of the molecule is COC.Cc1cc2cc(NC(=O)c3cccnc3)cnc2[nH]1. The van der Waals surface area contributed by atoms with Crippen molar-refractivity contribution >= 4 is 22.6 Å². The smallest absolute Gasteiger partial charge is 0.257 e. The van der Waals surface area contributed by atoms with E-state index in [2.05, 4.69) is 25.0 Å². The van der Waals surface area contributed by atoms with Gasteiger partial charge in [0.25, 0.3) is 5.91 Å². The number of nitrogens with zero attached hydrogens (tertiary/aromatic N) is 2. The molecule has 0 atom stereocenters. The molecule has 0 bridgehead atoms. The maximum absolute atomic E-state index is 12.0. The number of aromatic nitrogens is 3. The molecule has 0 unspecified atom stereocenters. The topological polar surface area (TPSA) is 79.9 Å². The largest absolute Gasteiger partial charge is 0.388 e. The van der Waals surface area contributed by atoms with Crippen LogP contribution in [0.25, 0.3) is 11.0 Å². The van der Waals surface area contributed by atoms with Crippen LogP contribution < -0.4 is 5.32 Å². The predicted molar refractivity (Wildman–Crippen MR) is 86.0 cm³/mol. The summed E-state index contributed by atoms with van der Waals surface area (Å²) < 4.78 is 4.25. The highest BCUT2D eigenvalue weighted by Gasteiger charge is 2.07. The fraction of sp³-hybridized carbons (Fsp3) is 0.188. The Morgan fingerprint density at radius 2 is 2.05 bits per heavy atom. The Bertz CT molecular complexity index is 753. The van der Waals surface area contributed by atoms with Crippen LogP contribution in [0.4, 0.5) is 5.69 Å². The summed E-state index contributed by atoms with van der Waals surface area (Å²) >= 11 is 0. The van der Waals surface area contributed by atoms with Gasteiger partial charge < -0.3 is 15.0 Å². The maximum atomic E-state index is 12.0. The second-order valence-electron chi connectivity index (χ2n) is 4.72. The summed E-state index contributed by atoms with van der Waals surface area (Å²) in [4.78, 5) is 23.3. The van der Waals surface area contributed by atoms with E-state index in [1.165, 1.54) is 6.20 Å². The van der Waals surface area contributed by atoms with Gasteiger partial charge in [-0.05, 0) is 31.2 Å². The molecule has 0 radical (unpaired) electrons. The maximum Gasteiger partial charge on any atom is 0.257 e. The van der Waals surface area contributed by atoms with Gasteiger partial charge >= 0.3 is 0 Å². The van der Waals surface area contributed by atoms with E-state index in [9.17, 15) is 4.79 Å². The molecule has 0 aliphatic rings. The van der Waals surface area contributed by atoms with E-state index in [-0.39, 0.29) is 5.91 Å². The highest BCUT2D eigenvalue weighted by Crippen LogP contribution is 2.17. The van der Waals surface area contributed by atoms with Crippen molar-refractivity contribution in [2.45, 2.75) is 6.92 Å². The molecule has 3 aromatic heterocycles. The van der Waals surface area contributed by atoms with Crippen molar-refractivity contribution in [1.29, 1.82) is 0 Å². The van der Waals surface area contributed by atoms with Crippen LogP contribution in [0.15, 0.2) is 42.9 Å². The van der Waals surface area contributed by atoms with Gasteiger partial charge in [-0.2, -0.15) is 0 Å². The number of aryl methyl sites for hydroxylation is 1. The average Bonchev–Trinajstić information content (AvgIpc) is 2.88. The second kappa shape index (κ2) is 7.33. The molecule has 6 nitrogen and oxygen atoms in total. The number of pyridine rings is 2. The van der Waals surface area contributed by atoms with Crippen LogP contribution in [0.5, 0.6) is 0 Å². The number of methoxy groups -OCH3 is 1. The number of ether oxygens (including phenoxy) is 1. The Morgan fingerprint density at radius 1 is 1.27 bits per heavy atom. The van der Waals surface area contributed by atoms with Crippen LogP contribution in [0.3, 0.4) is 0 Å². The van der Waals surface area contributed by atoms with Crippen molar-refractivity contribution in [3.8, 4) is 0 Å². The van der Waals surface area contributed by atoms with Gasteiger partial charge in [-0.25, -0.2) is 4.98 Å². The number of nitrogens with one attached hydrogen (secondary N) is 2. The molecule has 0 aliphatic heterocycles. The quantitative estimate of drug-likeness (QED) is 0.762. The van der Waals surface area contributed by atoms with Crippen molar-refractivity contribution in [3.05, 3.63) is 54.1 Å². The first-order valence-corrected chi connectivity index (χ1v) is 6.71. The van der Waals surface area contributed by atoms with E-state index in [4.69, 9.17) is 0 Å². The van der Waals surface area contributed by atoms with Crippen LogP contribution in [0.1, 0.15) is 16.1 Å². The Hall–Kier alpha value is -2.73. The van der Waals surface area contributed by atoms with Crippen molar-refractivity contribution in [2.24, 2.45) is 0 Å². The molecular formula is C16H18N4O2. The number of amides is 1. The lowest BCUT2D eigenvalue weighted by molar-refractivity contribution is 0.102. The van der Waals surface area contributed by atoms with Crippen LogP contribution in [0, 0.1) is 6.92 Å². The Labute approximate surface area is 128 Å². The molecule has 0 aromatic carbocycles. The van der Waals surface area contributed by atoms with E-state index in [1.54, 1.807) is 38.7 Å². The lowest BCUT2D eigenvalue weighted by atomic mass is 10.2. The minimum absolute atomic E-state index is 0.193. The number of hydrogen-bond acceptors (Lipinski definition) is 4. The summed E-state index contributed by atoms with van der Waals surface area (Å²) in [6.07, 6.45) is 4.79. The number of hydrogen-bond donors (Lipinski definition) is 2. The summed E-state index contributed by atoms with van der Waals surface area (Å²) in [5.41, 5.74) is 3.04. The molecule has 0 saturated heterocycles. The Balaban J connectivity index is 0.000000545. The van der Waals surface area contributed by atoms with Gasteiger partial charge in [-0.3, -0.25) is 9.78 Å². The van der Waals surface area contributed by atoms with Gasteiger partial charge in [0.1, 0.15) is 5.65 Å². The second-order valence-corrected chi connectivity index (χ2v) is 4.72. The first kappa shape index (κ1) is 15.7. The van der Waals surface area contributed by atoms with E-state index in [1.807, 2.05) is 19.1 Å². The third kappa shape index (κ3) is 3.89. The minimum Gasteiger partial charge on any atom is -0.388 e. The molecule has 6 heteroatoms. The number of carbonyl (C=O) groups is 1. The standard InChI is InChI=1S/C14H12N4O.C2H6O/c1-9-5-11-6-12(8-16-13(11)17-9)18-14(19)10-3-2-4-15-7-10;1-3-2/h2-8H,1H3,(H,16,17)(H,18,19);1-2H3. The van der Waals surface area contributed by atoms with E-state index >= 15 is 0 Å². The summed E-state index contributed by atoms with van der Waals surface area (Å²) in [6.45, 7) is 1.97. The number of aromatic amines is 1. The van der Waals surface area contributed by atoms with Gasteiger partial charge in [-0.1, -0.05) is 0 Å². The molecule has 114 valence electrons. The first-order valence-electron chi connectivity index (χ1n) is 6.71. The third-order valence-electron chi connectivity index (χ3n) is 2.79. The highest BCUT2D eigenvalue weighted by atomic mass is 16.4. The molecular weight excluding hydrogens is 280 g/mol. The van der Waals surface area contributed by atoms with E-state index < -0.39 is 0 Å². The summed E-state index contributed by atoms with van der Waals surface area (Å²) in [7, 11) is 3.25. The van der Waals surface area contributed by atoms with Crippen LogP contribution in [-0.2, 0) is 4.74 Å². The molecule has 1 amide bonds. The molecule has 0 saturated carbocycles. The number of rotatable bonds is 2. The Kier molecular flexibility index (Phi) is 5.21. The van der Waals surface area contributed by atoms with Gasteiger partial charge in [0.2, 0.25) is 0 Å². The lowest BCUT2D eigenvalue weighted by Gasteiger charge is -2.04. The van der Waals surface area contributed by atoms with Crippen molar-refractivity contribution in [1.82, 2.24) is 15.0 Å². The van der Waals surface area contributed by atoms with Gasteiger partial charge in [0.05, 0.1) is 17.4 Å². The zero-order valence-corrected chi connectivity index (χ0v) is 12.8. The molecule has 0 aliphatic carbocycles. The lowest BCUT2D eigenvalue weighted by Crippen LogP contribution is -2.12. The van der Waals surface area contributed by atoms with Gasteiger partial charge in [0.15, 0.2) is 0 Å². The van der Waals surface area contributed by atoms with E-state index in [0.717, 1.165) is 16.7 Å². The average molecular weight is 298 g/mol. The first-order chi connectivity index (χ1) is 10.6. The monoisotopic (exact) mass is 298 g/mol. The minimum atomic E-state index is -0.193. The molecule has 22 heavy (non-hydrogen) atoms. The van der Waals surface area contributed by atoms with Crippen molar-refractivity contribution in [2.75, 3.05) is 19.5 Å². The summed E-state index contributed by atoms with van der Waals surface area (Å²) in [5.74, 6) is -0.193. The number of H-pyrrole nitrogens is 1. The number of carbonyl (C=O) groups excluding carboxylic acids is 1. The third-order valence-corrected chi connectivity index (χ3v) is 2.79. The zero-order chi connectivity index (χ0) is 15.9. The van der Waals surface area contributed by atoms with Gasteiger partial charge in [0, 0.05) is 37.7 Å². The molecule has 0 fully saturated rings. The van der Waals surface area contributed by atoms with Crippen molar-refractivity contribution < 1.29 is 9.53 Å². The van der Waals surface area contributed by atoms with Crippen LogP contribution in [-0.4, -0.2) is 35.1 Å². The molecule has 3 aromatic rings. The molecule has 0 spiro atoms. The van der Waals surface area contributed by atoms with E-state index in [0.29, 0.717) is 11.3 Å². The normalized spacial score (nSPS) is 9.95. The molecule has 3 rings (SSSR count). The highest BCUT2D eigenvalue weighted by molar-refractivity contribution is 6.04. The van der Waals surface area contributed by atoms with Crippen LogP contribution in [0.2, 0.25) is 0 Å². The van der Waals surface area contributed by atoms with Crippen molar-refractivity contribution in [3.63, 3.8) is 0 Å². The Morgan fingerprint density at radius 3 is 2.73 bits per heavy atom. The van der Waals surface area contributed by atoms with Crippen LogP contribution >= 0.6 is 0 Å². The number of anilines is 1. The summed E-state index contributed by atoms with van der Waals surface area (Å²) in [5, 5.41) is 3.78. The zero-order valence-electron chi connectivity index (χ0n) is 12.8. The fourth-order valence-electron chi connectivity index (χ4n) is 1.92.